The number of tetrazole rings is 1. The summed E-state index contributed by atoms with van der Waals surface area (Å²) in [5.41, 5.74) is 2.23. The smallest absolute Gasteiger partial charge is 0.247 e. The number of anilines is 1. The summed E-state index contributed by atoms with van der Waals surface area (Å²) in [6.07, 6.45) is 5.01. The van der Waals surface area contributed by atoms with Crippen molar-refractivity contribution in [2.75, 3.05) is 5.32 Å². The Bertz CT molecular complexity index is 510. The number of nitrogens with zero attached hydrogens (tertiary/aromatic N) is 4. The molecule has 1 saturated carbocycles. The van der Waals surface area contributed by atoms with Gasteiger partial charge in [-0.05, 0) is 42.3 Å². The quantitative estimate of drug-likeness (QED) is 0.899. The first-order valence-electron chi connectivity index (χ1n) is 6.45. The fraction of sp³-hybridized carbons (Fsp3) is 0.462. The molecule has 1 fully saturated rings. The molecule has 1 heterocycles. The maximum absolute atomic E-state index is 4.07. The molecule has 0 atom stereocenters. The van der Waals surface area contributed by atoms with Crippen molar-refractivity contribution in [3.05, 3.63) is 29.8 Å². The molecule has 5 heteroatoms. The van der Waals surface area contributed by atoms with Crippen molar-refractivity contribution in [3.63, 3.8) is 0 Å². The van der Waals surface area contributed by atoms with E-state index in [1.165, 1.54) is 31.2 Å². The minimum atomic E-state index is 0.514. The molecule has 0 radical (unpaired) electrons. The van der Waals surface area contributed by atoms with Crippen LogP contribution in [0.15, 0.2) is 24.3 Å². The number of nitrogens with one attached hydrogen (secondary N) is 1. The van der Waals surface area contributed by atoms with Gasteiger partial charge in [-0.3, -0.25) is 0 Å². The van der Waals surface area contributed by atoms with E-state index in [-0.39, 0.29) is 0 Å². The molecule has 1 N–H and O–H groups in total. The van der Waals surface area contributed by atoms with Crippen LogP contribution < -0.4 is 5.32 Å². The van der Waals surface area contributed by atoms with Crippen molar-refractivity contribution in [2.24, 2.45) is 0 Å². The Morgan fingerprint density at radius 3 is 2.61 bits per heavy atom. The Hall–Kier alpha value is -1.91. The van der Waals surface area contributed by atoms with Gasteiger partial charge >= 0.3 is 0 Å². The first-order valence-corrected chi connectivity index (χ1v) is 6.45. The highest BCUT2D eigenvalue weighted by Gasteiger charge is 2.17. The van der Waals surface area contributed by atoms with Crippen molar-refractivity contribution in [1.82, 2.24) is 20.2 Å². The molecule has 0 spiro atoms. The van der Waals surface area contributed by atoms with Gasteiger partial charge in [-0.25, -0.2) is 0 Å². The molecule has 2 aromatic rings. The Morgan fingerprint density at radius 1 is 1.17 bits per heavy atom. The fourth-order valence-electron chi connectivity index (χ4n) is 2.39. The summed E-state index contributed by atoms with van der Waals surface area (Å²) >= 11 is 0. The lowest BCUT2D eigenvalue weighted by atomic mass is 10.2. The summed E-state index contributed by atoms with van der Waals surface area (Å²) in [6, 6.07) is 8.71. The van der Waals surface area contributed by atoms with Gasteiger partial charge in [-0.2, -0.15) is 4.68 Å². The zero-order chi connectivity index (χ0) is 12.4. The molecule has 94 valence electrons. The van der Waals surface area contributed by atoms with Crippen LogP contribution in [-0.2, 0) is 0 Å². The molecule has 3 rings (SSSR count). The monoisotopic (exact) mass is 243 g/mol. The summed E-state index contributed by atoms with van der Waals surface area (Å²) in [5.74, 6) is 0.741. The Balaban J connectivity index is 1.84. The Morgan fingerprint density at radius 2 is 1.89 bits per heavy atom. The van der Waals surface area contributed by atoms with Crippen molar-refractivity contribution in [1.29, 1.82) is 0 Å². The number of benzene rings is 1. The first-order chi connectivity index (χ1) is 8.83. The van der Waals surface area contributed by atoms with Crippen LogP contribution in [0.1, 0.15) is 31.2 Å². The molecule has 0 saturated heterocycles. The third-order valence-corrected chi connectivity index (χ3v) is 3.44. The van der Waals surface area contributed by atoms with E-state index < -0.39 is 0 Å². The van der Waals surface area contributed by atoms with E-state index in [0.29, 0.717) is 6.04 Å². The molecule has 18 heavy (non-hydrogen) atoms. The Kier molecular flexibility index (Phi) is 2.96. The summed E-state index contributed by atoms with van der Waals surface area (Å²) in [4.78, 5) is 0. The summed E-state index contributed by atoms with van der Waals surface area (Å²) < 4.78 is 1.76. The van der Waals surface area contributed by atoms with Crippen LogP contribution >= 0.6 is 0 Å². The van der Waals surface area contributed by atoms with Crippen LogP contribution in [-0.4, -0.2) is 26.2 Å². The zero-order valence-corrected chi connectivity index (χ0v) is 10.5. The van der Waals surface area contributed by atoms with Gasteiger partial charge in [0.25, 0.3) is 0 Å². The third kappa shape index (κ3) is 2.20. The van der Waals surface area contributed by atoms with E-state index in [0.717, 1.165) is 11.6 Å². The molecule has 0 aliphatic heterocycles. The van der Waals surface area contributed by atoms with Gasteiger partial charge in [0.2, 0.25) is 5.95 Å². The molecule has 1 aliphatic carbocycles. The Labute approximate surface area is 106 Å². The van der Waals surface area contributed by atoms with Crippen molar-refractivity contribution >= 4 is 5.95 Å². The van der Waals surface area contributed by atoms with Crippen molar-refractivity contribution in [3.8, 4) is 5.69 Å². The van der Waals surface area contributed by atoms with Crippen LogP contribution in [0.2, 0.25) is 0 Å². The normalized spacial score (nSPS) is 16.1. The molecular formula is C13H17N5. The van der Waals surface area contributed by atoms with Crippen molar-refractivity contribution < 1.29 is 0 Å². The van der Waals surface area contributed by atoms with Crippen LogP contribution in [0.4, 0.5) is 5.95 Å². The van der Waals surface area contributed by atoms with E-state index in [1.54, 1.807) is 4.68 Å². The largest absolute Gasteiger partial charge is 0.350 e. The topological polar surface area (TPSA) is 55.6 Å². The molecule has 0 bridgehead atoms. The summed E-state index contributed by atoms with van der Waals surface area (Å²) in [5, 5.41) is 15.3. The minimum Gasteiger partial charge on any atom is -0.350 e. The van der Waals surface area contributed by atoms with Gasteiger partial charge in [0.05, 0.1) is 5.69 Å². The number of rotatable bonds is 3. The van der Waals surface area contributed by atoms with Crippen LogP contribution in [0.3, 0.4) is 0 Å². The van der Waals surface area contributed by atoms with Crippen LogP contribution in [0, 0.1) is 6.92 Å². The van der Waals surface area contributed by atoms with E-state index in [9.17, 15) is 0 Å². The highest BCUT2D eigenvalue weighted by Crippen LogP contribution is 2.22. The highest BCUT2D eigenvalue weighted by atomic mass is 15.6. The zero-order valence-electron chi connectivity index (χ0n) is 10.5. The number of hydrogen-bond acceptors (Lipinski definition) is 4. The van der Waals surface area contributed by atoms with Crippen LogP contribution in [0.5, 0.6) is 0 Å². The van der Waals surface area contributed by atoms with Gasteiger partial charge in [-0.1, -0.05) is 35.6 Å². The second-order valence-corrected chi connectivity index (χ2v) is 4.88. The SMILES string of the molecule is Cc1ccc(-n2nnnc2NC2CCCC2)cc1. The lowest BCUT2D eigenvalue weighted by Crippen LogP contribution is -2.18. The van der Waals surface area contributed by atoms with Crippen molar-refractivity contribution in [2.45, 2.75) is 38.6 Å². The van der Waals surface area contributed by atoms with Crippen LogP contribution in [0.25, 0.3) is 5.69 Å². The maximum Gasteiger partial charge on any atom is 0.247 e. The fourth-order valence-corrected chi connectivity index (χ4v) is 2.39. The lowest BCUT2D eigenvalue weighted by Gasteiger charge is -2.12. The number of aryl methyl sites for hydroxylation is 1. The molecule has 0 unspecified atom stereocenters. The molecule has 1 aromatic carbocycles. The molecule has 1 aliphatic rings. The number of hydrogen-bond donors (Lipinski definition) is 1. The predicted molar refractivity (Wildman–Crippen MR) is 69.8 cm³/mol. The molecule has 1 aromatic heterocycles. The standard InChI is InChI=1S/C13H17N5/c1-10-6-8-12(9-7-10)18-13(15-16-17-18)14-11-4-2-3-5-11/h6-9,11H,2-5H2,1H3,(H,14,15,17). The van der Waals surface area contributed by atoms with Gasteiger partial charge < -0.3 is 5.32 Å². The average molecular weight is 243 g/mol. The highest BCUT2D eigenvalue weighted by molar-refractivity contribution is 5.40. The summed E-state index contributed by atoms with van der Waals surface area (Å²) in [6.45, 7) is 2.07. The van der Waals surface area contributed by atoms with Gasteiger partial charge in [0.15, 0.2) is 0 Å². The van der Waals surface area contributed by atoms with Gasteiger partial charge in [0, 0.05) is 6.04 Å². The van der Waals surface area contributed by atoms with Gasteiger partial charge in [-0.15, -0.1) is 0 Å². The number of aromatic nitrogens is 4. The summed E-state index contributed by atoms with van der Waals surface area (Å²) in [7, 11) is 0. The average Bonchev–Trinajstić information content (AvgIpc) is 3.02. The second-order valence-electron chi connectivity index (χ2n) is 4.88. The van der Waals surface area contributed by atoms with E-state index in [2.05, 4.69) is 39.9 Å². The van der Waals surface area contributed by atoms with Gasteiger partial charge in [0.1, 0.15) is 0 Å². The second kappa shape index (κ2) is 4.76. The van der Waals surface area contributed by atoms with E-state index in [1.807, 2.05) is 12.1 Å². The molecular weight excluding hydrogens is 226 g/mol. The predicted octanol–water partition coefficient (Wildman–Crippen LogP) is 2.33. The molecule has 5 nitrogen and oxygen atoms in total. The molecule has 0 amide bonds. The first kappa shape index (κ1) is 11.2. The van der Waals surface area contributed by atoms with E-state index in [4.69, 9.17) is 0 Å². The lowest BCUT2D eigenvalue weighted by molar-refractivity contribution is 0.730. The maximum atomic E-state index is 4.07. The van der Waals surface area contributed by atoms with E-state index >= 15 is 0 Å². The third-order valence-electron chi connectivity index (χ3n) is 3.44. The minimum absolute atomic E-state index is 0.514.